The second kappa shape index (κ2) is 6.74. The smallest absolute Gasteiger partial charge is 0.328 e. The van der Waals surface area contributed by atoms with Gasteiger partial charge >= 0.3 is 5.97 Å². The molecule has 0 saturated carbocycles. The Balaban J connectivity index is 2.78. The van der Waals surface area contributed by atoms with E-state index in [0.29, 0.717) is 5.56 Å². The Labute approximate surface area is 107 Å². The number of pyridine rings is 1. The Morgan fingerprint density at radius 2 is 2.00 bits per heavy atom. The minimum atomic E-state index is -0.624. The predicted molar refractivity (Wildman–Crippen MR) is 67.0 cm³/mol. The van der Waals surface area contributed by atoms with Gasteiger partial charge < -0.3 is 10.1 Å². The van der Waals surface area contributed by atoms with E-state index in [-0.39, 0.29) is 11.8 Å². The molecule has 0 spiro atoms. The van der Waals surface area contributed by atoms with Gasteiger partial charge in [0.05, 0.1) is 7.11 Å². The summed E-state index contributed by atoms with van der Waals surface area (Å²) < 4.78 is 4.71. The van der Waals surface area contributed by atoms with Crippen LogP contribution in [0.5, 0.6) is 0 Å². The molecule has 0 aromatic carbocycles. The lowest BCUT2D eigenvalue weighted by atomic mass is 9.99. The van der Waals surface area contributed by atoms with Crippen LogP contribution in [0.25, 0.3) is 0 Å². The lowest BCUT2D eigenvalue weighted by Crippen LogP contribution is -2.45. The number of hydrogen-bond acceptors (Lipinski definition) is 4. The van der Waals surface area contributed by atoms with Crippen LogP contribution in [0.3, 0.4) is 0 Å². The molecule has 0 aliphatic heterocycles. The van der Waals surface area contributed by atoms with Gasteiger partial charge in [-0.1, -0.05) is 20.3 Å². The molecular weight excluding hydrogens is 232 g/mol. The summed E-state index contributed by atoms with van der Waals surface area (Å²) in [7, 11) is 1.32. The van der Waals surface area contributed by atoms with Crippen LogP contribution in [0.1, 0.15) is 30.6 Å². The number of ether oxygens (including phenoxy) is 1. The topological polar surface area (TPSA) is 68.3 Å². The van der Waals surface area contributed by atoms with Crippen LogP contribution in [0, 0.1) is 5.92 Å². The standard InChI is InChI=1S/C13H18N2O3/c1-4-9(2)11(13(17)18-3)15-12(16)10-5-7-14-8-6-10/h5-9,11H,4H2,1-3H3,(H,15,16)/t9-,11+/m1/s1. The number of aromatic nitrogens is 1. The zero-order valence-corrected chi connectivity index (χ0v) is 10.8. The van der Waals surface area contributed by atoms with Gasteiger partial charge in [0.2, 0.25) is 0 Å². The Kier molecular flexibility index (Phi) is 5.30. The predicted octanol–water partition coefficient (Wildman–Crippen LogP) is 1.40. The number of nitrogens with zero attached hydrogens (tertiary/aromatic N) is 1. The van der Waals surface area contributed by atoms with Crippen molar-refractivity contribution in [2.24, 2.45) is 5.92 Å². The van der Waals surface area contributed by atoms with Crippen molar-refractivity contribution in [1.82, 2.24) is 10.3 Å². The quantitative estimate of drug-likeness (QED) is 0.802. The molecule has 0 aliphatic rings. The number of hydrogen-bond donors (Lipinski definition) is 1. The van der Waals surface area contributed by atoms with Crippen LogP contribution < -0.4 is 5.32 Å². The van der Waals surface area contributed by atoms with Crippen LogP contribution in [0.2, 0.25) is 0 Å². The molecule has 1 heterocycles. The normalized spacial score (nSPS) is 13.5. The van der Waals surface area contributed by atoms with Crippen LogP contribution >= 0.6 is 0 Å². The van der Waals surface area contributed by atoms with Gasteiger partial charge in [0, 0.05) is 18.0 Å². The van der Waals surface area contributed by atoms with E-state index in [1.54, 1.807) is 12.1 Å². The first-order valence-corrected chi connectivity index (χ1v) is 5.88. The van der Waals surface area contributed by atoms with Gasteiger partial charge in [-0.3, -0.25) is 9.78 Å². The lowest BCUT2D eigenvalue weighted by Gasteiger charge is -2.21. The first kappa shape index (κ1) is 14.2. The summed E-state index contributed by atoms with van der Waals surface area (Å²) in [5.74, 6) is -0.705. The Morgan fingerprint density at radius 3 is 2.50 bits per heavy atom. The second-order valence-electron chi connectivity index (χ2n) is 4.10. The van der Waals surface area contributed by atoms with Gasteiger partial charge in [-0.2, -0.15) is 0 Å². The number of nitrogens with one attached hydrogen (secondary N) is 1. The number of carbonyl (C=O) groups is 2. The van der Waals surface area contributed by atoms with Gasteiger partial charge in [-0.15, -0.1) is 0 Å². The molecule has 18 heavy (non-hydrogen) atoms. The third-order valence-corrected chi connectivity index (χ3v) is 2.90. The van der Waals surface area contributed by atoms with Crippen LogP contribution in [0.15, 0.2) is 24.5 Å². The highest BCUT2D eigenvalue weighted by molar-refractivity contribution is 5.96. The zero-order valence-electron chi connectivity index (χ0n) is 10.8. The minimum absolute atomic E-state index is 0.0169. The fourth-order valence-electron chi connectivity index (χ4n) is 1.52. The fourth-order valence-corrected chi connectivity index (χ4v) is 1.52. The van der Waals surface area contributed by atoms with Crippen molar-refractivity contribution < 1.29 is 14.3 Å². The molecule has 0 aliphatic carbocycles. The van der Waals surface area contributed by atoms with E-state index in [1.807, 2.05) is 13.8 Å². The molecule has 0 bridgehead atoms. The number of amides is 1. The molecule has 1 amide bonds. The molecule has 98 valence electrons. The van der Waals surface area contributed by atoms with Gasteiger partial charge in [0.15, 0.2) is 0 Å². The van der Waals surface area contributed by atoms with Crippen molar-refractivity contribution in [3.8, 4) is 0 Å². The number of methoxy groups -OCH3 is 1. The van der Waals surface area contributed by atoms with E-state index in [1.165, 1.54) is 19.5 Å². The maximum Gasteiger partial charge on any atom is 0.328 e. The van der Waals surface area contributed by atoms with E-state index in [9.17, 15) is 9.59 Å². The second-order valence-corrected chi connectivity index (χ2v) is 4.10. The zero-order chi connectivity index (χ0) is 13.5. The van der Waals surface area contributed by atoms with Crippen LogP contribution in [-0.2, 0) is 9.53 Å². The van der Waals surface area contributed by atoms with E-state index in [2.05, 4.69) is 10.3 Å². The number of rotatable bonds is 5. The third kappa shape index (κ3) is 3.55. The van der Waals surface area contributed by atoms with Crippen LogP contribution in [0.4, 0.5) is 0 Å². The van der Waals surface area contributed by atoms with Gasteiger partial charge in [0.1, 0.15) is 6.04 Å². The summed E-state index contributed by atoms with van der Waals surface area (Å²) in [4.78, 5) is 27.4. The molecule has 1 N–H and O–H groups in total. The highest BCUT2D eigenvalue weighted by Gasteiger charge is 2.26. The van der Waals surface area contributed by atoms with Crippen molar-refractivity contribution in [3.63, 3.8) is 0 Å². The molecule has 0 saturated heterocycles. The third-order valence-electron chi connectivity index (χ3n) is 2.90. The van der Waals surface area contributed by atoms with Crippen molar-refractivity contribution >= 4 is 11.9 Å². The van der Waals surface area contributed by atoms with E-state index in [0.717, 1.165) is 6.42 Å². The van der Waals surface area contributed by atoms with Gasteiger partial charge in [-0.25, -0.2) is 4.79 Å². The summed E-state index contributed by atoms with van der Waals surface area (Å²) in [6.07, 6.45) is 3.84. The Morgan fingerprint density at radius 1 is 1.39 bits per heavy atom. The maximum atomic E-state index is 11.9. The van der Waals surface area contributed by atoms with Gasteiger partial charge in [-0.05, 0) is 18.1 Å². The SMILES string of the molecule is CC[C@@H](C)[C@H](NC(=O)c1ccncc1)C(=O)OC. The summed E-state index contributed by atoms with van der Waals surface area (Å²) in [6.45, 7) is 3.85. The van der Waals surface area contributed by atoms with Crippen molar-refractivity contribution in [3.05, 3.63) is 30.1 Å². The van der Waals surface area contributed by atoms with Crippen molar-refractivity contribution in [1.29, 1.82) is 0 Å². The molecule has 1 rings (SSSR count). The number of carbonyl (C=O) groups excluding carboxylic acids is 2. The largest absolute Gasteiger partial charge is 0.467 e. The molecule has 1 aromatic rings. The lowest BCUT2D eigenvalue weighted by molar-refractivity contribution is -0.144. The molecule has 5 heteroatoms. The minimum Gasteiger partial charge on any atom is -0.467 e. The molecule has 5 nitrogen and oxygen atoms in total. The summed E-state index contributed by atoms with van der Waals surface area (Å²) >= 11 is 0. The van der Waals surface area contributed by atoms with Gasteiger partial charge in [0.25, 0.3) is 5.91 Å². The molecule has 0 unspecified atom stereocenters. The highest BCUT2D eigenvalue weighted by atomic mass is 16.5. The fraction of sp³-hybridized carbons (Fsp3) is 0.462. The first-order chi connectivity index (χ1) is 8.60. The Bertz CT molecular complexity index is 406. The van der Waals surface area contributed by atoms with E-state index < -0.39 is 12.0 Å². The molecule has 2 atom stereocenters. The highest BCUT2D eigenvalue weighted by Crippen LogP contribution is 2.10. The monoisotopic (exact) mass is 250 g/mol. The van der Waals surface area contributed by atoms with Crippen LogP contribution in [-0.4, -0.2) is 30.0 Å². The van der Waals surface area contributed by atoms with Crippen molar-refractivity contribution in [2.45, 2.75) is 26.3 Å². The Hall–Kier alpha value is -1.91. The number of esters is 1. The maximum absolute atomic E-state index is 11.9. The van der Waals surface area contributed by atoms with E-state index in [4.69, 9.17) is 4.74 Å². The summed E-state index contributed by atoms with van der Waals surface area (Å²) in [5, 5.41) is 2.69. The molecule has 0 radical (unpaired) electrons. The molecule has 1 aromatic heterocycles. The average molecular weight is 250 g/mol. The summed E-state index contributed by atoms with van der Waals surface area (Å²) in [6, 6.07) is 2.57. The average Bonchev–Trinajstić information content (AvgIpc) is 2.43. The summed E-state index contributed by atoms with van der Waals surface area (Å²) in [5.41, 5.74) is 0.474. The first-order valence-electron chi connectivity index (χ1n) is 5.88. The van der Waals surface area contributed by atoms with E-state index >= 15 is 0 Å². The molecular formula is C13H18N2O3. The van der Waals surface area contributed by atoms with Crippen molar-refractivity contribution in [2.75, 3.05) is 7.11 Å². The molecule has 0 fully saturated rings.